The molecule has 22 heavy (non-hydrogen) atoms. The van der Waals surface area contributed by atoms with Gasteiger partial charge >= 0.3 is 0 Å². The van der Waals surface area contributed by atoms with Crippen LogP contribution in [0.1, 0.15) is 38.8 Å². The fraction of sp³-hybridized carbons (Fsp3) is 0.500. The molecule has 0 heterocycles. The van der Waals surface area contributed by atoms with Crippen LogP contribution in [0.4, 0.5) is 0 Å². The van der Waals surface area contributed by atoms with Crippen molar-refractivity contribution >= 4 is 10.8 Å². The Hall–Kier alpha value is -1.54. The molecule has 0 saturated carbocycles. The summed E-state index contributed by atoms with van der Waals surface area (Å²) in [6, 6.07) is 12.8. The maximum absolute atomic E-state index is 5.51. The number of hydrogen-bond acceptors (Lipinski definition) is 2. The van der Waals surface area contributed by atoms with E-state index in [4.69, 9.17) is 4.74 Å². The molecule has 0 radical (unpaired) electrons. The Morgan fingerprint density at radius 3 is 2.32 bits per heavy atom. The first-order valence-electron chi connectivity index (χ1n) is 8.37. The second-order valence-electron chi connectivity index (χ2n) is 7.00. The van der Waals surface area contributed by atoms with Crippen molar-refractivity contribution < 1.29 is 4.74 Å². The minimum atomic E-state index is 0.566. The highest BCUT2D eigenvalue weighted by Crippen LogP contribution is 2.35. The molecule has 1 aliphatic carbocycles. The quantitative estimate of drug-likeness (QED) is 0.827. The van der Waals surface area contributed by atoms with E-state index >= 15 is 0 Å². The highest BCUT2D eigenvalue weighted by Gasteiger charge is 2.29. The van der Waals surface area contributed by atoms with E-state index in [1.54, 1.807) is 7.11 Å². The predicted octanol–water partition coefficient (Wildman–Crippen LogP) is 4.43. The van der Waals surface area contributed by atoms with Crippen molar-refractivity contribution in [3.63, 3.8) is 0 Å². The number of nitrogens with zero attached hydrogens (tertiary/aromatic N) is 1. The standard InChI is InChI=1S/C20H27NO/c1-13(2)21(14(3)4)18-9-15-7-6-8-16-11-19(22-5)12-17(10-18)20(15)16/h6-8,11-14,18H,9-10H2,1-5H3. The molecule has 0 aromatic heterocycles. The number of rotatable bonds is 4. The summed E-state index contributed by atoms with van der Waals surface area (Å²) in [4.78, 5) is 2.65. The fourth-order valence-electron chi connectivity index (χ4n) is 4.25. The lowest BCUT2D eigenvalue weighted by molar-refractivity contribution is 0.110. The van der Waals surface area contributed by atoms with Gasteiger partial charge in [-0.2, -0.15) is 0 Å². The second kappa shape index (κ2) is 5.92. The molecule has 0 spiro atoms. The normalized spacial score (nSPS) is 17.7. The van der Waals surface area contributed by atoms with Crippen LogP contribution in [0, 0.1) is 0 Å². The number of ether oxygens (including phenoxy) is 1. The Bertz CT molecular complexity index is 667. The first kappa shape index (κ1) is 15.4. The number of hydrogen-bond donors (Lipinski definition) is 0. The molecule has 118 valence electrons. The van der Waals surface area contributed by atoms with E-state index in [1.165, 1.54) is 21.9 Å². The Labute approximate surface area is 134 Å². The molecule has 0 saturated heterocycles. The Morgan fingerprint density at radius 2 is 1.68 bits per heavy atom. The van der Waals surface area contributed by atoms with E-state index in [9.17, 15) is 0 Å². The first-order chi connectivity index (χ1) is 10.5. The van der Waals surface area contributed by atoms with Crippen LogP contribution in [0.3, 0.4) is 0 Å². The molecular formula is C20H27NO. The average Bonchev–Trinajstić information content (AvgIpc) is 2.46. The summed E-state index contributed by atoms with van der Waals surface area (Å²) in [5, 5.41) is 2.76. The maximum atomic E-state index is 5.51. The molecule has 0 N–H and O–H groups in total. The van der Waals surface area contributed by atoms with Crippen LogP contribution in [0.25, 0.3) is 10.8 Å². The van der Waals surface area contributed by atoms with Gasteiger partial charge in [0.1, 0.15) is 5.75 Å². The van der Waals surface area contributed by atoms with Gasteiger partial charge in [0.15, 0.2) is 0 Å². The Kier molecular flexibility index (Phi) is 4.14. The zero-order chi connectivity index (χ0) is 15.9. The van der Waals surface area contributed by atoms with Crippen LogP contribution in [0.2, 0.25) is 0 Å². The zero-order valence-corrected chi connectivity index (χ0v) is 14.4. The van der Waals surface area contributed by atoms with Crippen molar-refractivity contribution in [1.82, 2.24) is 4.90 Å². The third kappa shape index (κ3) is 2.61. The molecule has 2 aromatic carbocycles. The summed E-state index contributed by atoms with van der Waals surface area (Å²) in [6.45, 7) is 9.23. The minimum Gasteiger partial charge on any atom is -0.497 e. The minimum absolute atomic E-state index is 0.566. The van der Waals surface area contributed by atoms with Gasteiger partial charge in [0, 0.05) is 18.1 Å². The summed E-state index contributed by atoms with van der Waals surface area (Å²) in [6.07, 6.45) is 2.26. The topological polar surface area (TPSA) is 12.5 Å². The van der Waals surface area contributed by atoms with E-state index in [-0.39, 0.29) is 0 Å². The zero-order valence-electron chi connectivity index (χ0n) is 14.4. The molecule has 3 rings (SSSR count). The predicted molar refractivity (Wildman–Crippen MR) is 93.8 cm³/mol. The molecule has 0 bridgehead atoms. The van der Waals surface area contributed by atoms with Crippen LogP contribution in [-0.4, -0.2) is 30.1 Å². The third-order valence-corrected chi connectivity index (χ3v) is 4.88. The van der Waals surface area contributed by atoms with Crippen molar-refractivity contribution in [2.45, 2.75) is 58.7 Å². The van der Waals surface area contributed by atoms with E-state index in [1.807, 2.05) is 0 Å². The maximum Gasteiger partial charge on any atom is 0.119 e. The van der Waals surface area contributed by atoms with Crippen molar-refractivity contribution in [3.05, 3.63) is 41.5 Å². The molecule has 0 aliphatic heterocycles. The van der Waals surface area contributed by atoms with E-state index < -0.39 is 0 Å². The van der Waals surface area contributed by atoms with Gasteiger partial charge in [-0.05, 0) is 74.6 Å². The van der Waals surface area contributed by atoms with Gasteiger partial charge in [-0.3, -0.25) is 4.90 Å². The monoisotopic (exact) mass is 297 g/mol. The molecule has 0 fully saturated rings. The first-order valence-corrected chi connectivity index (χ1v) is 8.37. The van der Waals surface area contributed by atoms with Gasteiger partial charge in [0.25, 0.3) is 0 Å². The molecule has 2 heteroatoms. The smallest absolute Gasteiger partial charge is 0.119 e. The summed E-state index contributed by atoms with van der Waals surface area (Å²) in [5.74, 6) is 0.973. The van der Waals surface area contributed by atoms with Crippen molar-refractivity contribution in [3.8, 4) is 5.75 Å². The molecular weight excluding hydrogens is 270 g/mol. The lowest BCUT2D eigenvalue weighted by Crippen LogP contribution is -2.48. The molecule has 2 aromatic rings. The summed E-state index contributed by atoms with van der Waals surface area (Å²) in [7, 11) is 1.76. The summed E-state index contributed by atoms with van der Waals surface area (Å²) >= 11 is 0. The van der Waals surface area contributed by atoms with Gasteiger partial charge in [0.05, 0.1) is 7.11 Å². The van der Waals surface area contributed by atoms with E-state index in [0.29, 0.717) is 18.1 Å². The lowest BCUT2D eigenvalue weighted by atomic mass is 9.84. The third-order valence-electron chi connectivity index (χ3n) is 4.88. The highest BCUT2D eigenvalue weighted by atomic mass is 16.5. The largest absolute Gasteiger partial charge is 0.497 e. The molecule has 1 atom stereocenters. The molecule has 0 amide bonds. The van der Waals surface area contributed by atoms with Gasteiger partial charge < -0.3 is 4.74 Å². The van der Waals surface area contributed by atoms with Gasteiger partial charge in [-0.15, -0.1) is 0 Å². The van der Waals surface area contributed by atoms with Gasteiger partial charge in [-0.1, -0.05) is 18.2 Å². The van der Waals surface area contributed by atoms with Crippen LogP contribution in [0.5, 0.6) is 5.75 Å². The lowest BCUT2D eigenvalue weighted by Gasteiger charge is -2.40. The SMILES string of the molecule is COc1cc2c3c(cccc3c1)CC(N(C(C)C)C(C)C)C2. The summed E-state index contributed by atoms with van der Waals surface area (Å²) < 4.78 is 5.51. The van der Waals surface area contributed by atoms with E-state index in [0.717, 1.165) is 18.6 Å². The Balaban J connectivity index is 2.07. The highest BCUT2D eigenvalue weighted by molar-refractivity contribution is 5.91. The number of methoxy groups -OCH3 is 1. The second-order valence-corrected chi connectivity index (χ2v) is 7.00. The van der Waals surface area contributed by atoms with Crippen LogP contribution in [-0.2, 0) is 12.8 Å². The number of benzene rings is 2. The average molecular weight is 297 g/mol. The van der Waals surface area contributed by atoms with Gasteiger partial charge in [-0.25, -0.2) is 0 Å². The molecule has 1 unspecified atom stereocenters. The molecule has 2 nitrogen and oxygen atoms in total. The molecule has 1 aliphatic rings. The van der Waals surface area contributed by atoms with Crippen molar-refractivity contribution in [2.24, 2.45) is 0 Å². The Morgan fingerprint density at radius 1 is 1.00 bits per heavy atom. The van der Waals surface area contributed by atoms with Crippen LogP contribution in [0.15, 0.2) is 30.3 Å². The van der Waals surface area contributed by atoms with E-state index in [2.05, 4.69) is 62.9 Å². The summed E-state index contributed by atoms with van der Waals surface area (Å²) in [5.41, 5.74) is 2.92. The fourth-order valence-corrected chi connectivity index (χ4v) is 4.25. The van der Waals surface area contributed by atoms with Gasteiger partial charge in [0.2, 0.25) is 0 Å². The van der Waals surface area contributed by atoms with Crippen LogP contribution < -0.4 is 4.74 Å². The van der Waals surface area contributed by atoms with Crippen molar-refractivity contribution in [1.29, 1.82) is 0 Å². The van der Waals surface area contributed by atoms with Crippen molar-refractivity contribution in [2.75, 3.05) is 7.11 Å². The van der Waals surface area contributed by atoms with Crippen LogP contribution >= 0.6 is 0 Å².